The maximum Gasteiger partial charge on any atom is 0.407 e. The zero-order valence-corrected chi connectivity index (χ0v) is 18.8. The third-order valence-corrected chi connectivity index (χ3v) is 5.31. The van der Waals surface area contributed by atoms with Crippen LogP contribution >= 0.6 is 23.2 Å². The summed E-state index contributed by atoms with van der Waals surface area (Å²) in [5.74, 6) is 1.34. The van der Waals surface area contributed by atoms with Gasteiger partial charge in [0.2, 0.25) is 0 Å². The molecule has 0 saturated carbocycles. The average molecular weight is 461 g/mol. The summed E-state index contributed by atoms with van der Waals surface area (Å²) in [5.41, 5.74) is 1.57. The summed E-state index contributed by atoms with van der Waals surface area (Å²) in [5, 5.41) is 7.02. The summed E-state index contributed by atoms with van der Waals surface area (Å²) in [4.78, 5) is 27.4. The Kier molecular flexibility index (Phi) is 5.77. The Morgan fingerprint density at radius 2 is 1.90 bits per heavy atom. The van der Waals surface area contributed by atoms with Crippen LogP contribution in [0.1, 0.15) is 20.8 Å². The monoisotopic (exact) mass is 460 g/mol. The van der Waals surface area contributed by atoms with Gasteiger partial charge < -0.3 is 20.3 Å². The van der Waals surface area contributed by atoms with Crippen molar-refractivity contribution >= 4 is 57.7 Å². The van der Waals surface area contributed by atoms with E-state index in [9.17, 15) is 4.79 Å². The molecule has 8 nitrogen and oxygen atoms in total. The minimum Gasteiger partial charge on any atom is -0.444 e. The van der Waals surface area contributed by atoms with Crippen LogP contribution in [-0.2, 0) is 4.74 Å². The largest absolute Gasteiger partial charge is 0.444 e. The molecule has 2 aromatic heterocycles. The molecule has 162 valence electrons. The fourth-order valence-corrected chi connectivity index (χ4v) is 3.44. The topological polar surface area (TPSA) is 92.3 Å². The van der Waals surface area contributed by atoms with Crippen LogP contribution in [0.25, 0.3) is 11.0 Å². The normalized spacial score (nSPS) is 14.3. The van der Waals surface area contributed by atoms with E-state index in [1.54, 1.807) is 12.1 Å². The Hall–Kier alpha value is -2.84. The Labute approximate surface area is 189 Å². The number of alkyl carbamates (subject to hydrolysis) is 1. The Morgan fingerprint density at radius 1 is 1.13 bits per heavy atom. The van der Waals surface area contributed by atoms with Gasteiger partial charge in [0.05, 0.1) is 21.6 Å². The van der Waals surface area contributed by atoms with Gasteiger partial charge in [0.15, 0.2) is 5.82 Å². The van der Waals surface area contributed by atoms with Crippen LogP contribution in [0.3, 0.4) is 0 Å². The quantitative estimate of drug-likeness (QED) is 0.577. The van der Waals surface area contributed by atoms with Gasteiger partial charge in [-0.15, -0.1) is 0 Å². The van der Waals surface area contributed by atoms with Gasteiger partial charge in [-0.3, -0.25) is 0 Å². The lowest BCUT2D eigenvalue weighted by atomic mass is 10.1. The van der Waals surface area contributed by atoms with Crippen molar-refractivity contribution < 1.29 is 9.53 Å². The molecule has 1 saturated heterocycles. The highest BCUT2D eigenvalue weighted by atomic mass is 35.5. The van der Waals surface area contributed by atoms with Crippen LogP contribution in [0.15, 0.2) is 36.7 Å². The number of anilines is 3. The van der Waals surface area contributed by atoms with Gasteiger partial charge in [-0.2, -0.15) is 0 Å². The molecule has 0 radical (unpaired) electrons. The number of carbonyl (C=O) groups is 1. The number of carbonyl (C=O) groups excluding carboxylic acids is 1. The van der Waals surface area contributed by atoms with E-state index in [0.717, 1.165) is 11.5 Å². The fraction of sp³-hybridized carbons (Fsp3) is 0.333. The van der Waals surface area contributed by atoms with Crippen molar-refractivity contribution in [3.63, 3.8) is 0 Å². The summed E-state index contributed by atoms with van der Waals surface area (Å²) in [7, 11) is 0. The fourth-order valence-electron chi connectivity index (χ4n) is 3.14. The van der Waals surface area contributed by atoms with Crippen molar-refractivity contribution in [2.45, 2.75) is 32.4 Å². The highest BCUT2D eigenvalue weighted by Crippen LogP contribution is 2.29. The first-order chi connectivity index (χ1) is 14.7. The van der Waals surface area contributed by atoms with E-state index in [4.69, 9.17) is 32.9 Å². The number of hydrogen-bond acceptors (Lipinski definition) is 7. The molecule has 3 aromatic rings. The van der Waals surface area contributed by atoms with Crippen LogP contribution in [0.4, 0.5) is 22.1 Å². The molecule has 0 bridgehead atoms. The van der Waals surface area contributed by atoms with Crippen molar-refractivity contribution in [1.82, 2.24) is 20.3 Å². The molecule has 0 atom stereocenters. The SMILES string of the molecule is CC(C)(C)OC(=O)NC1CN(c2ccc3ncnc(Nc4ccc(Cl)c(Cl)c4)c3n2)C1. The predicted molar refractivity (Wildman–Crippen MR) is 122 cm³/mol. The second-order valence-electron chi connectivity index (χ2n) is 8.26. The summed E-state index contributed by atoms with van der Waals surface area (Å²) < 4.78 is 5.30. The third kappa shape index (κ3) is 5.08. The van der Waals surface area contributed by atoms with E-state index >= 15 is 0 Å². The number of pyridine rings is 1. The lowest BCUT2D eigenvalue weighted by Gasteiger charge is -2.40. The highest BCUT2D eigenvalue weighted by molar-refractivity contribution is 6.42. The summed E-state index contributed by atoms with van der Waals surface area (Å²) in [6.07, 6.45) is 1.07. The maximum absolute atomic E-state index is 11.9. The number of rotatable bonds is 4. The van der Waals surface area contributed by atoms with Crippen molar-refractivity contribution in [2.75, 3.05) is 23.3 Å². The number of benzene rings is 1. The number of nitrogens with one attached hydrogen (secondary N) is 2. The van der Waals surface area contributed by atoms with E-state index < -0.39 is 11.7 Å². The number of ether oxygens (including phenoxy) is 1. The zero-order chi connectivity index (χ0) is 22.2. The van der Waals surface area contributed by atoms with Gasteiger partial charge in [-0.25, -0.2) is 19.7 Å². The minimum atomic E-state index is -0.523. The Balaban J connectivity index is 1.48. The van der Waals surface area contributed by atoms with Crippen molar-refractivity contribution in [1.29, 1.82) is 0 Å². The van der Waals surface area contributed by atoms with E-state index in [1.165, 1.54) is 6.33 Å². The molecule has 10 heteroatoms. The predicted octanol–water partition coefficient (Wildman–Crippen LogP) is 4.79. The van der Waals surface area contributed by atoms with Crippen molar-refractivity contribution in [3.8, 4) is 0 Å². The summed E-state index contributed by atoms with van der Waals surface area (Å²) >= 11 is 12.1. The van der Waals surface area contributed by atoms with Crippen LogP contribution in [0.2, 0.25) is 10.0 Å². The number of nitrogens with zero attached hydrogens (tertiary/aromatic N) is 4. The average Bonchev–Trinajstić information content (AvgIpc) is 2.66. The molecule has 1 aliphatic heterocycles. The van der Waals surface area contributed by atoms with E-state index in [1.807, 2.05) is 39.0 Å². The number of amides is 1. The molecule has 2 N–H and O–H groups in total. The van der Waals surface area contributed by atoms with Crippen molar-refractivity contribution in [2.24, 2.45) is 0 Å². The first-order valence-electron chi connectivity index (χ1n) is 9.76. The molecule has 1 aromatic carbocycles. The molecule has 1 aliphatic rings. The number of aromatic nitrogens is 3. The van der Waals surface area contributed by atoms with Gasteiger partial charge in [0, 0.05) is 18.8 Å². The van der Waals surface area contributed by atoms with E-state index in [-0.39, 0.29) is 6.04 Å². The molecular formula is C21H22Cl2N6O2. The van der Waals surface area contributed by atoms with Gasteiger partial charge >= 0.3 is 6.09 Å². The molecule has 4 rings (SSSR count). The number of hydrogen-bond donors (Lipinski definition) is 2. The molecular weight excluding hydrogens is 439 g/mol. The maximum atomic E-state index is 11.9. The number of halogens is 2. The molecule has 1 fully saturated rings. The molecule has 0 unspecified atom stereocenters. The lowest BCUT2D eigenvalue weighted by Crippen LogP contribution is -2.60. The minimum absolute atomic E-state index is 0.00757. The number of fused-ring (bicyclic) bond motifs is 1. The van der Waals surface area contributed by atoms with Gasteiger partial charge in [-0.05, 0) is 51.1 Å². The molecule has 0 aliphatic carbocycles. The second kappa shape index (κ2) is 8.36. The van der Waals surface area contributed by atoms with Crippen LogP contribution in [0.5, 0.6) is 0 Å². The first-order valence-corrected chi connectivity index (χ1v) is 10.5. The standard InChI is InChI=1S/C21H22Cl2N6O2/c1-21(2,3)31-20(30)27-13-9-29(10-13)17-7-6-16-18(28-17)19(25-11-24-16)26-12-4-5-14(22)15(23)8-12/h4-8,11,13H,9-10H2,1-3H3,(H,27,30)(H,24,25,26). The van der Waals surface area contributed by atoms with E-state index in [0.29, 0.717) is 40.0 Å². The molecule has 31 heavy (non-hydrogen) atoms. The van der Waals surface area contributed by atoms with E-state index in [2.05, 4.69) is 25.5 Å². The zero-order valence-electron chi connectivity index (χ0n) is 17.3. The van der Waals surface area contributed by atoms with Crippen LogP contribution < -0.4 is 15.5 Å². The van der Waals surface area contributed by atoms with Gasteiger partial charge in [-0.1, -0.05) is 23.2 Å². The van der Waals surface area contributed by atoms with Gasteiger partial charge in [0.1, 0.15) is 23.3 Å². The molecule has 0 spiro atoms. The van der Waals surface area contributed by atoms with Crippen LogP contribution in [0, 0.1) is 0 Å². The highest BCUT2D eigenvalue weighted by Gasteiger charge is 2.30. The van der Waals surface area contributed by atoms with Crippen LogP contribution in [-0.4, -0.2) is 45.8 Å². The third-order valence-electron chi connectivity index (χ3n) is 4.58. The molecule has 1 amide bonds. The smallest absolute Gasteiger partial charge is 0.407 e. The Bertz CT molecular complexity index is 1130. The first kappa shape index (κ1) is 21.4. The van der Waals surface area contributed by atoms with Crippen molar-refractivity contribution in [3.05, 3.63) is 46.7 Å². The summed E-state index contributed by atoms with van der Waals surface area (Å²) in [6, 6.07) is 9.06. The molecule has 3 heterocycles. The lowest BCUT2D eigenvalue weighted by molar-refractivity contribution is 0.0496. The summed E-state index contributed by atoms with van der Waals surface area (Å²) in [6.45, 7) is 6.79. The second-order valence-corrected chi connectivity index (χ2v) is 9.08. The Morgan fingerprint density at radius 3 is 2.61 bits per heavy atom. The van der Waals surface area contributed by atoms with Gasteiger partial charge in [0.25, 0.3) is 0 Å².